The van der Waals surface area contributed by atoms with E-state index in [1.165, 1.54) is 0 Å². The Hall–Kier alpha value is -3.13. The van der Waals surface area contributed by atoms with Gasteiger partial charge in [-0.1, -0.05) is 0 Å². The highest BCUT2D eigenvalue weighted by Crippen LogP contribution is 2.18. The lowest BCUT2D eigenvalue weighted by atomic mass is 10.1. The molecule has 0 radical (unpaired) electrons. The number of carbonyl (C=O) groups excluding carboxylic acids is 1. The van der Waals surface area contributed by atoms with E-state index in [1.807, 2.05) is 6.07 Å². The first-order valence-corrected chi connectivity index (χ1v) is 6.40. The molecule has 0 saturated carbocycles. The Kier molecular flexibility index (Phi) is 3.13. The summed E-state index contributed by atoms with van der Waals surface area (Å²) in [6.07, 6.45) is 1.60. The van der Waals surface area contributed by atoms with Crippen molar-refractivity contribution >= 4 is 22.6 Å². The Morgan fingerprint density at radius 3 is 2.71 bits per heavy atom. The third-order valence-electron chi connectivity index (χ3n) is 3.36. The van der Waals surface area contributed by atoms with E-state index in [0.29, 0.717) is 11.1 Å². The summed E-state index contributed by atoms with van der Waals surface area (Å²) in [5, 5.41) is 8.79. The van der Waals surface area contributed by atoms with Crippen LogP contribution in [0.2, 0.25) is 0 Å². The number of nitriles is 1. The molecular weight excluding hydrogens is 264 g/mol. The van der Waals surface area contributed by atoms with Crippen LogP contribution in [0.1, 0.15) is 15.9 Å². The molecule has 3 rings (SSSR count). The lowest BCUT2D eigenvalue weighted by Crippen LogP contribution is -2.26. The number of hydrogen-bond acceptors (Lipinski definition) is 3. The molecule has 0 unspecified atom stereocenters. The van der Waals surface area contributed by atoms with Crippen LogP contribution in [0.5, 0.6) is 0 Å². The number of imidazole rings is 1. The molecule has 1 heterocycles. The third kappa shape index (κ3) is 2.35. The zero-order valence-electron chi connectivity index (χ0n) is 11.4. The van der Waals surface area contributed by atoms with Crippen molar-refractivity contribution in [2.24, 2.45) is 0 Å². The molecule has 21 heavy (non-hydrogen) atoms. The second-order valence-corrected chi connectivity index (χ2v) is 4.66. The third-order valence-corrected chi connectivity index (χ3v) is 3.36. The summed E-state index contributed by atoms with van der Waals surface area (Å²) in [5.74, 6) is -0.115. The number of nitrogens with zero attached hydrogens (tertiary/aromatic N) is 3. The van der Waals surface area contributed by atoms with Crippen molar-refractivity contribution < 1.29 is 4.79 Å². The van der Waals surface area contributed by atoms with Crippen molar-refractivity contribution in [2.75, 3.05) is 11.9 Å². The van der Waals surface area contributed by atoms with Crippen LogP contribution in [0.15, 0.2) is 48.8 Å². The van der Waals surface area contributed by atoms with Crippen molar-refractivity contribution in [3.63, 3.8) is 0 Å². The molecule has 1 aromatic heterocycles. The molecule has 1 N–H and O–H groups in total. The number of nitrogens with one attached hydrogen (secondary N) is 1. The number of amides is 1. The highest BCUT2D eigenvalue weighted by molar-refractivity contribution is 6.07. The van der Waals surface area contributed by atoms with Gasteiger partial charge in [0.2, 0.25) is 0 Å². The molecule has 1 amide bonds. The van der Waals surface area contributed by atoms with Gasteiger partial charge in [-0.2, -0.15) is 5.26 Å². The van der Waals surface area contributed by atoms with Crippen LogP contribution in [0, 0.1) is 11.3 Å². The molecule has 0 aliphatic carbocycles. The maximum Gasteiger partial charge on any atom is 0.258 e. The Morgan fingerprint density at radius 1 is 1.24 bits per heavy atom. The Labute approximate surface area is 121 Å². The van der Waals surface area contributed by atoms with Crippen LogP contribution >= 0.6 is 0 Å². The summed E-state index contributed by atoms with van der Waals surface area (Å²) < 4.78 is 0. The van der Waals surface area contributed by atoms with E-state index in [0.717, 1.165) is 16.7 Å². The summed E-state index contributed by atoms with van der Waals surface area (Å²) in [5.41, 5.74) is 3.54. The molecule has 0 saturated heterocycles. The largest absolute Gasteiger partial charge is 0.345 e. The van der Waals surface area contributed by atoms with Gasteiger partial charge >= 0.3 is 0 Å². The van der Waals surface area contributed by atoms with Crippen molar-refractivity contribution in [1.29, 1.82) is 5.26 Å². The molecule has 0 aliphatic rings. The first kappa shape index (κ1) is 12.9. The molecule has 3 aromatic rings. The lowest BCUT2D eigenvalue weighted by Gasteiger charge is -2.17. The summed E-state index contributed by atoms with van der Waals surface area (Å²) in [6.45, 7) is 0. The molecule has 0 spiro atoms. The second-order valence-electron chi connectivity index (χ2n) is 4.66. The van der Waals surface area contributed by atoms with Crippen molar-refractivity contribution in [3.05, 3.63) is 59.9 Å². The minimum atomic E-state index is -0.115. The van der Waals surface area contributed by atoms with Gasteiger partial charge in [0.1, 0.15) is 0 Å². The van der Waals surface area contributed by atoms with Crippen molar-refractivity contribution in [3.8, 4) is 6.07 Å². The summed E-state index contributed by atoms with van der Waals surface area (Å²) in [7, 11) is 1.71. The van der Waals surface area contributed by atoms with Gasteiger partial charge in [-0.3, -0.25) is 4.79 Å². The topological polar surface area (TPSA) is 72.8 Å². The monoisotopic (exact) mass is 276 g/mol. The number of carbonyl (C=O) groups is 1. The van der Waals surface area contributed by atoms with Gasteiger partial charge in [-0.15, -0.1) is 0 Å². The highest BCUT2D eigenvalue weighted by Gasteiger charge is 2.14. The second kappa shape index (κ2) is 5.10. The zero-order valence-corrected chi connectivity index (χ0v) is 11.4. The SMILES string of the molecule is CN(C(=O)c1ccc2nc[nH]c2c1)c1ccc(C#N)cc1. The molecule has 0 bridgehead atoms. The molecule has 5 heteroatoms. The normalized spacial score (nSPS) is 10.3. The van der Waals surface area contributed by atoms with Gasteiger partial charge in [0.25, 0.3) is 5.91 Å². The summed E-state index contributed by atoms with van der Waals surface area (Å²) >= 11 is 0. The van der Waals surface area contributed by atoms with E-state index >= 15 is 0 Å². The van der Waals surface area contributed by atoms with Crippen LogP contribution in [0.25, 0.3) is 11.0 Å². The molecule has 0 fully saturated rings. The number of fused-ring (bicyclic) bond motifs is 1. The Morgan fingerprint density at radius 2 is 2.00 bits per heavy atom. The van der Waals surface area contributed by atoms with Crippen LogP contribution < -0.4 is 4.90 Å². The van der Waals surface area contributed by atoms with Gasteiger partial charge in [-0.05, 0) is 42.5 Å². The van der Waals surface area contributed by atoms with Gasteiger partial charge < -0.3 is 9.88 Å². The Bertz CT molecular complexity index is 843. The standard InChI is InChI=1S/C16H12N4O/c1-20(13-5-2-11(9-17)3-6-13)16(21)12-4-7-14-15(8-12)19-10-18-14/h2-8,10H,1H3,(H,18,19). The van der Waals surface area contributed by atoms with Gasteiger partial charge in [0.05, 0.1) is 29.0 Å². The number of rotatable bonds is 2. The maximum absolute atomic E-state index is 12.5. The van der Waals surface area contributed by atoms with E-state index in [2.05, 4.69) is 16.0 Å². The lowest BCUT2D eigenvalue weighted by molar-refractivity contribution is 0.0993. The molecule has 0 aliphatic heterocycles. The van der Waals surface area contributed by atoms with E-state index in [1.54, 1.807) is 54.7 Å². The minimum Gasteiger partial charge on any atom is -0.345 e. The Balaban J connectivity index is 1.90. The average Bonchev–Trinajstić information content (AvgIpc) is 3.01. The van der Waals surface area contributed by atoms with E-state index in [-0.39, 0.29) is 5.91 Å². The molecule has 2 aromatic carbocycles. The molecule has 5 nitrogen and oxygen atoms in total. The molecule has 102 valence electrons. The van der Waals surface area contributed by atoms with Crippen LogP contribution in [0.4, 0.5) is 5.69 Å². The average molecular weight is 276 g/mol. The zero-order chi connectivity index (χ0) is 14.8. The summed E-state index contributed by atoms with van der Waals surface area (Å²) in [6, 6.07) is 14.3. The molecule has 0 atom stereocenters. The summed E-state index contributed by atoms with van der Waals surface area (Å²) in [4.78, 5) is 21.2. The van der Waals surface area contributed by atoms with Crippen molar-refractivity contribution in [2.45, 2.75) is 0 Å². The fraction of sp³-hybridized carbons (Fsp3) is 0.0625. The fourth-order valence-corrected chi connectivity index (χ4v) is 2.14. The predicted octanol–water partition coefficient (Wildman–Crippen LogP) is 2.71. The number of aromatic nitrogens is 2. The van der Waals surface area contributed by atoms with Crippen LogP contribution in [0.3, 0.4) is 0 Å². The van der Waals surface area contributed by atoms with E-state index in [4.69, 9.17) is 5.26 Å². The van der Waals surface area contributed by atoms with Gasteiger partial charge in [0.15, 0.2) is 0 Å². The van der Waals surface area contributed by atoms with Crippen molar-refractivity contribution in [1.82, 2.24) is 9.97 Å². The first-order valence-electron chi connectivity index (χ1n) is 6.40. The van der Waals surface area contributed by atoms with Gasteiger partial charge in [-0.25, -0.2) is 4.98 Å². The smallest absolute Gasteiger partial charge is 0.258 e. The quantitative estimate of drug-likeness (QED) is 0.782. The number of benzene rings is 2. The highest BCUT2D eigenvalue weighted by atomic mass is 16.2. The number of hydrogen-bond donors (Lipinski definition) is 1. The van der Waals surface area contributed by atoms with E-state index in [9.17, 15) is 4.79 Å². The van der Waals surface area contributed by atoms with E-state index < -0.39 is 0 Å². The minimum absolute atomic E-state index is 0.115. The van der Waals surface area contributed by atoms with Crippen LogP contribution in [-0.2, 0) is 0 Å². The number of aromatic amines is 1. The fourth-order valence-electron chi connectivity index (χ4n) is 2.14. The predicted molar refractivity (Wildman–Crippen MR) is 80.0 cm³/mol. The maximum atomic E-state index is 12.5. The van der Waals surface area contributed by atoms with Crippen LogP contribution in [-0.4, -0.2) is 22.9 Å². The first-order chi connectivity index (χ1) is 10.2. The number of anilines is 1. The molecular formula is C16H12N4O. The van der Waals surface area contributed by atoms with Gasteiger partial charge in [0, 0.05) is 18.3 Å². The number of H-pyrrole nitrogens is 1.